The third kappa shape index (κ3) is 2.41. The Morgan fingerprint density at radius 3 is 2.73 bits per heavy atom. The molecule has 1 aliphatic carbocycles. The predicted molar refractivity (Wildman–Crippen MR) is 98.5 cm³/mol. The van der Waals surface area contributed by atoms with E-state index in [1.807, 2.05) is 6.92 Å². The van der Waals surface area contributed by atoms with Crippen LogP contribution in [0.4, 0.5) is 11.5 Å². The normalized spacial score (nSPS) is 18.2. The molecule has 3 heterocycles. The number of carbonyl (C=O) groups excluding carboxylic acids is 1. The Labute approximate surface area is 156 Å². The number of pyridine rings is 1. The molecule has 1 aliphatic heterocycles. The topological polar surface area (TPSA) is 80.1 Å². The average molecular weight is 374 g/mol. The Balaban J connectivity index is 1.82. The molecule has 0 aromatic carbocycles. The molecule has 0 bridgehead atoms. The zero-order valence-corrected chi connectivity index (χ0v) is 15.3. The van der Waals surface area contributed by atoms with Gasteiger partial charge in [-0.2, -0.15) is 0 Å². The number of hydrogen-bond donors (Lipinski definition) is 1. The summed E-state index contributed by atoms with van der Waals surface area (Å²) in [4.78, 5) is 34.1. The molecule has 2 aromatic rings. The highest BCUT2D eigenvalue weighted by Gasteiger charge is 2.50. The summed E-state index contributed by atoms with van der Waals surface area (Å²) in [6, 6.07) is 3.29. The van der Waals surface area contributed by atoms with Gasteiger partial charge in [0.1, 0.15) is 29.2 Å². The fourth-order valence-corrected chi connectivity index (χ4v) is 4.32. The number of aryl methyl sites for hydroxylation is 1. The van der Waals surface area contributed by atoms with Crippen LogP contribution in [-0.2, 0) is 12.1 Å². The number of aromatic nitrogens is 3. The fourth-order valence-electron chi connectivity index (χ4n) is 3.99. The highest BCUT2D eigenvalue weighted by Crippen LogP contribution is 2.44. The molecule has 1 saturated carbocycles. The summed E-state index contributed by atoms with van der Waals surface area (Å²) < 4.78 is 2.81. The van der Waals surface area contributed by atoms with E-state index in [2.05, 4.69) is 15.3 Å². The van der Waals surface area contributed by atoms with Crippen molar-refractivity contribution in [2.45, 2.75) is 51.1 Å². The summed E-state index contributed by atoms with van der Waals surface area (Å²) in [5.41, 5.74) is 0.629. The minimum absolute atomic E-state index is 0.249. The number of hydrogen-bond acceptors (Lipinski definition) is 5. The molecule has 0 radical (unpaired) electrons. The first-order chi connectivity index (χ1) is 12.6. The van der Waals surface area contributed by atoms with Gasteiger partial charge >= 0.3 is 0 Å². The number of halogens is 1. The second-order valence-corrected chi connectivity index (χ2v) is 7.12. The number of carbonyl (C=O) groups is 1. The van der Waals surface area contributed by atoms with E-state index >= 15 is 0 Å². The summed E-state index contributed by atoms with van der Waals surface area (Å²) in [6.07, 6.45) is 8.25. The van der Waals surface area contributed by atoms with Gasteiger partial charge < -0.3 is 5.32 Å². The van der Waals surface area contributed by atoms with Gasteiger partial charge in [0.25, 0.3) is 11.5 Å². The Kier molecular flexibility index (Phi) is 4.19. The maximum atomic E-state index is 13.2. The standard InChI is InChI=1S/C18H20ClN5O2/c1-2-12-10-20-11-21-15(12)22-13-6-7-14-17(26)24(19)18(23(14)16(13)25)8-4-3-5-9-18/h6-7,10-11H,2-5,8-9H2,1H3,(H,20,21,22). The van der Waals surface area contributed by atoms with Crippen molar-refractivity contribution in [2.24, 2.45) is 0 Å². The van der Waals surface area contributed by atoms with E-state index in [0.717, 1.165) is 31.2 Å². The molecular formula is C18H20ClN5O2. The van der Waals surface area contributed by atoms with Crippen LogP contribution >= 0.6 is 11.8 Å². The third-order valence-electron chi connectivity index (χ3n) is 5.34. The Morgan fingerprint density at radius 1 is 1.23 bits per heavy atom. The monoisotopic (exact) mass is 373 g/mol. The van der Waals surface area contributed by atoms with Crippen LogP contribution in [0.15, 0.2) is 29.5 Å². The molecule has 0 saturated heterocycles. The molecule has 1 amide bonds. The van der Waals surface area contributed by atoms with Crippen molar-refractivity contribution < 1.29 is 4.79 Å². The molecule has 1 N–H and O–H groups in total. The van der Waals surface area contributed by atoms with Gasteiger partial charge in [-0.3, -0.25) is 14.2 Å². The lowest BCUT2D eigenvalue weighted by Crippen LogP contribution is -2.47. The maximum absolute atomic E-state index is 13.2. The lowest BCUT2D eigenvalue weighted by molar-refractivity contribution is 0.0553. The van der Waals surface area contributed by atoms with Crippen molar-refractivity contribution in [3.8, 4) is 0 Å². The number of nitrogens with one attached hydrogen (secondary N) is 1. The Morgan fingerprint density at radius 2 is 2.00 bits per heavy atom. The zero-order valence-electron chi connectivity index (χ0n) is 14.5. The molecule has 136 valence electrons. The van der Waals surface area contributed by atoms with Gasteiger partial charge in [0.05, 0.1) is 0 Å². The van der Waals surface area contributed by atoms with E-state index in [9.17, 15) is 9.59 Å². The average Bonchev–Trinajstić information content (AvgIpc) is 2.87. The molecule has 1 fully saturated rings. The molecule has 1 spiro atoms. The van der Waals surface area contributed by atoms with Crippen molar-refractivity contribution in [1.29, 1.82) is 0 Å². The summed E-state index contributed by atoms with van der Waals surface area (Å²) in [7, 11) is 0. The lowest BCUT2D eigenvalue weighted by Gasteiger charge is -2.38. The molecule has 8 heteroatoms. The minimum Gasteiger partial charge on any atom is -0.335 e. The van der Waals surface area contributed by atoms with E-state index in [0.29, 0.717) is 30.0 Å². The van der Waals surface area contributed by atoms with Crippen molar-refractivity contribution in [3.63, 3.8) is 0 Å². The smallest absolute Gasteiger partial charge is 0.287 e. The maximum Gasteiger partial charge on any atom is 0.287 e. The van der Waals surface area contributed by atoms with Crippen molar-refractivity contribution >= 4 is 29.2 Å². The summed E-state index contributed by atoms with van der Waals surface area (Å²) in [5.74, 6) is 0.290. The first-order valence-electron chi connectivity index (χ1n) is 8.91. The third-order valence-corrected chi connectivity index (χ3v) is 5.81. The molecule has 0 atom stereocenters. The molecule has 2 aliphatic rings. The SMILES string of the molecule is CCc1cncnc1Nc1ccc2n(c1=O)C1(CCCCC1)N(Cl)C2=O. The number of rotatable bonds is 3. The molecule has 2 aromatic heterocycles. The van der Waals surface area contributed by atoms with Crippen LogP contribution < -0.4 is 10.9 Å². The highest BCUT2D eigenvalue weighted by molar-refractivity contribution is 6.25. The van der Waals surface area contributed by atoms with Gasteiger partial charge in [-0.05, 0) is 44.2 Å². The summed E-state index contributed by atoms with van der Waals surface area (Å²) in [5, 5.41) is 3.12. The largest absolute Gasteiger partial charge is 0.335 e. The van der Waals surface area contributed by atoms with Crippen molar-refractivity contribution in [2.75, 3.05) is 5.32 Å². The van der Waals surface area contributed by atoms with E-state index < -0.39 is 5.66 Å². The first-order valence-corrected chi connectivity index (χ1v) is 9.25. The second kappa shape index (κ2) is 6.39. The predicted octanol–water partition coefficient (Wildman–Crippen LogP) is 3.17. The van der Waals surface area contributed by atoms with E-state index in [-0.39, 0.29) is 11.5 Å². The van der Waals surface area contributed by atoms with Crippen molar-refractivity contribution in [1.82, 2.24) is 19.0 Å². The zero-order chi connectivity index (χ0) is 18.3. The number of fused-ring (bicyclic) bond motifs is 2. The van der Waals surface area contributed by atoms with Gasteiger partial charge in [0.2, 0.25) is 0 Å². The van der Waals surface area contributed by atoms with Gasteiger partial charge in [0.15, 0.2) is 0 Å². The summed E-state index contributed by atoms with van der Waals surface area (Å²) in [6.45, 7) is 2.00. The van der Waals surface area contributed by atoms with Crippen LogP contribution in [-0.4, -0.2) is 24.9 Å². The van der Waals surface area contributed by atoms with E-state index in [1.165, 1.54) is 10.7 Å². The van der Waals surface area contributed by atoms with E-state index in [1.54, 1.807) is 22.9 Å². The van der Waals surface area contributed by atoms with Gasteiger partial charge in [0, 0.05) is 23.5 Å². The lowest BCUT2D eigenvalue weighted by atomic mass is 9.89. The van der Waals surface area contributed by atoms with Crippen LogP contribution in [0.2, 0.25) is 0 Å². The van der Waals surface area contributed by atoms with Crippen LogP contribution in [0.3, 0.4) is 0 Å². The Hall–Kier alpha value is -2.41. The molecular weight excluding hydrogens is 354 g/mol. The number of amides is 1. The first kappa shape index (κ1) is 17.0. The minimum atomic E-state index is -0.764. The highest BCUT2D eigenvalue weighted by atomic mass is 35.5. The molecule has 26 heavy (non-hydrogen) atoms. The molecule has 7 nitrogen and oxygen atoms in total. The van der Waals surface area contributed by atoms with Crippen LogP contribution in [0.25, 0.3) is 0 Å². The number of anilines is 2. The van der Waals surface area contributed by atoms with Gasteiger partial charge in [-0.15, -0.1) is 0 Å². The summed E-state index contributed by atoms with van der Waals surface area (Å²) >= 11 is 6.38. The van der Waals surface area contributed by atoms with Crippen molar-refractivity contribution in [3.05, 3.63) is 46.3 Å². The van der Waals surface area contributed by atoms with E-state index in [4.69, 9.17) is 11.8 Å². The Bertz CT molecular complexity index is 920. The van der Waals surface area contributed by atoms with Crippen LogP contribution in [0, 0.1) is 0 Å². The quantitative estimate of drug-likeness (QED) is 0.836. The number of nitrogens with zero attached hydrogens (tertiary/aromatic N) is 4. The van der Waals surface area contributed by atoms with Gasteiger partial charge in [-0.1, -0.05) is 13.3 Å². The molecule has 4 rings (SSSR count). The fraction of sp³-hybridized carbons (Fsp3) is 0.444. The van der Waals surface area contributed by atoms with Gasteiger partial charge in [-0.25, -0.2) is 14.4 Å². The van der Waals surface area contributed by atoms with Crippen LogP contribution in [0.5, 0.6) is 0 Å². The molecule has 0 unspecified atom stereocenters. The van der Waals surface area contributed by atoms with Crippen LogP contribution in [0.1, 0.15) is 55.1 Å². The second-order valence-electron chi connectivity index (χ2n) is 6.78.